The van der Waals surface area contributed by atoms with Crippen LogP contribution in [0.3, 0.4) is 0 Å². The van der Waals surface area contributed by atoms with Gasteiger partial charge in [0.15, 0.2) is 0 Å². The summed E-state index contributed by atoms with van der Waals surface area (Å²) in [6.07, 6.45) is 0.798. The maximum Gasteiger partial charge on any atom is 0.228 e. The number of nitrogens with two attached hydrogens (primary N) is 1. The van der Waals surface area contributed by atoms with E-state index in [4.69, 9.17) is 10.5 Å². The Kier molecular flexibility index (Phi) is 5.65. The van der Waals surface area contributed by atoms with E-state index < -0.39 is 0 Å². The molecule has 0 bridgehead atoms. The minimum Gasteiger partial charge on any atom is -0.497 e. The van der Waals surface area contributed by atoms with Gasteiger partial charge in [0.2, 0.25) is 5.91 Å². The first kappa shape index (κ1) is 14.5. The van der Waals surface area contributed by atoms with Crippen LogP contribution in [0.2, 0.25) is 0 Å². The van der Waals surface area contributed by atoms with E-state index in [1.54, 1.807) is 13.2 Å². The number of amides is 1. The highest BCUT2D eigenvalue weighted by atomic mass is 16.5. The van der Waals surface area contributed by atoms with Gasteiger partial charge in [-0.1, -0.05) is 19.9 Å². The van der Waals surface area contributed by atoms with E-state index in [1.165, 1.54) is 0 Å². The lowest BCUT2D eigenvalue weighted by Gasteiger charge is -2.17. The van der Waals surface area contributed by atoms with E-state index >= 15 is 0 Å². The molecule has 1 rings (SSSR count). The number of nitrogens with one attached hydrogen (secondary N) is 1. The summed E-state index contributed by atoms with van der Waals surface area (Å²) < 4.78 is 5.11. The number of methoxy groups -OCH3 is 1. The monoisotopic (exact) mass is 250 g/mol. The normalized spacial score (nSPS) is 12.3. The van der Waals surface area contributed by atoms with Crippen LogP contribution in [0.5, 0.6) is 5.75 Å². The Bertz CT molecular complexity index is 391. The summed E-state index contributed by atoms with van der Waals surface area (Å²) in [5, 5.41) is 2.87. The second-order valence-corrected chi connectivity index (χ2v) is 4.78. The fraction of sp³-hybridized carbons (Fsp3) is 0.500. The Balaban J connectivity index is 2.67. The van der Waals surface area contributed by atoms with Crippen LogP contribution < -0.4 is 15.8 Å². The van der Waals surface area contributed by atoms with Gasteiger partial charge in [-0.25, -0.2) is 0 Å². The summed E-state index contributed by atoms with van der Waals surface area (Å²) in [6.45, 7) is 4.54. The van der Waals surface area contributed by atoms with Crippen molar-refractivity contribution in [3.63, 3.8) is 0 Å². The number of carbonyl (C=O) groups excluding carboxylic acids is 1. The Hall–Kier alpha value is -1.55. The third kappa shape index (κ3) is 4.37. The molecule has 1 amide bonds. The van der Waals surface area contributed by atoms with Crippen LogP contribution in [0, 0.1) is 11.8 Å². The van der Waals surface area contributed by atoms with Crippen molar-refractivity contribution in [3.05, 3.63) is 24.3 Å². The van der Waals surface area contributed by atoms with E-state index in [0.29, 0.717) is 12.5 Å². The van der Waals surface area contributed by atoms with Gasteiger partial charge in [0.1, 0.15) is 5.75 Å². The Morgan fingerprint density at radius 3 is 2.72 bits per heavy atom. The molecule has 0 aliphatic rings. The second-order valence-electron chi connectivity index (χ2n) is 4.78. The number of rotatable bonds is 6. The number of carbonyl (C=O) groups is 1. The van der Waals surface area contributed by atoms with Gasteiger partial charge in [-0.05, 0) is 24.5 Å². The van der Waals surface area contributed by atoms with Crippen molar-refractivity contribution in [1.29, 1.82) is 0 Å². The Labute approximate surface area is 109 Å². The molecule has 0 aliphatic heterocycles. The van der Waals surface area contributed by atoms with Gasteiger partial charge in [-0.15, -0.1) is 0 Å². The predicted octanol–water partition coefficient (Wildman–Crippen LogP) is 2.25. The summed E-state index contributed by atoms with van der Waals surface area (Å²) in [6, 6.07) is 7.31. The van der Waals surface area contributed by atoms with Crippen LogP contribution in [0.25, 0.3) is 0 Å². The SMILES string of the molecule is COc1cccc(NC(=O)C(CN)CC(C)C)c1. The lowest BCUT2D eigenvalue weighted by Crippen LogP contribution is -2.30. The Morgan fingerprint density at radius 2 is 2.17 bits per heavy atom. The predicted molar refractivity (Wildman–Crippen MR) is 73.6 cm³/mol. The summed E-state index contributed by atoms with van der Waals surface area (Å²) >= 11 is 0. The number of benzene rings is 1. The van der Waals surface area contributed by atoms with Crippen LogP contribution >= 0.6 is 0 Å². The quantitative estimate of drug-likeness (QED) is 0.814. The molecule has 18 heavy (non-hydrogen) atoms. The zero-order valence-corrected chi connectivity index (χ0v) is 11.3. The maximum absolute atomic E-state index is 12.0. The lowest BCUT2D eigenvalue weighted by atomic mass is 9.96. The van der Waals surface area contributed by atoms with Gasteiger partial charge >= 0.3 is 0 Å². The molecule has 1 unspecified atom stereocenters. The third-order valence-electron chi connectivity index (χ3n) is 2.75. The van der Waals surface area contributed by atoms with Crippen molar-refractivity contribution in [2.75, 3.05) is 19.0 Å². The first-order valence-electron chi connectivity index (χ1n) is 6.21. The van der Waals surface area contributed by atoms with Crippen LogP contribution in [-0.4, -0.2) is 19.6 Å². The topological polar surface area (TPSA) is 64.3 Å². The largest absolute Gasteiger partial charge is 0.497 e. The van der Waals surface area contributed by atoms with Gasteiger partial charge in [0.25, 0.3) is 0 Å². The maximum atomic E-state index is 12.0. The van der Waals surface area contributed by atoms with E-state index in [2.05, 4.69) is 19.2 Å². The van der Waals surface area contributed by atoms with Crippen molar-refractivity contribution in [3.8, 4) is 5.75 Å². The lowest BCUT2D eigenvalue weighted by molar-refractivity contribution is -0.120. The van der Waals surface area contributed by atoms with Gasteiger partial charge in [0, 0.05) is 18.3 Å². The van der Waals surface area contributed by atoms with Crippen molar-refractivity contribution in [2.24, 2.45) is 17.6 Å². The fourth-order valence-corrected chi connectivity index (χ4v) is 1.82. The van der Waals surface area contributed by atoms with Crippen LogP contribution in [-0.2, 0) is 4.79 Å². The summed E-state index contributed by atoms with van der Waals surface area (Å²) in [4.78, 5) is 12.0. The first-order chi connectivity index (χ1) is 8.56. The molecule has 0 aliphatic carbocycles. The minimum absolute atomic E-state index is 0.0283. The van der Waals surface area contributed by atoms with Crippen molar-refractivity contribution < 1.29 is 9.53 Å². The molecule has 1 aromatic rings. The zero-order valence-electron chi connectivity index (χ0n) is 11.3. The number of hydrogen-bond donors (Lipinski definition) is 2. The van der Waals surface area contributed by atoms with E-state index in [-0.39, 0.29) is 11.8 Å². The molecular formula is C14H22N2O2. The molecule has 0 radical (unpaired) electrons. The zero-order chi connectivity index (χ0) is 13.5. The van der Waals surface area contributed by atoms with Crippen LogP contribution in [0.1, 0.15) is 20.3 Å². The van der Waals surface area contributed by atoms with Crippen LogP contribution in [0.4, 0.5) is 5.69 Å². The molecule has 0 saturated heterocycles. The highest BCUT2D eigenvalue weighted by Crippen LogP contribution is 2.18. The summed E-state index contributed by atoms with van der Waals surface area (Å²) in [7, 11) is 1.60. The van der Waals surface area contributed by atoms with Gasteiger partial charge < -0.3 is 15.8 Å². The van der Waals surface area contributed by atoms with Gasteiger partial charge in [0.05, 0.1) is 13.0 Å². The van der Waals surface area contributed by atoms with Crippen LogP contribution in [0.15, 0.2) is 24.3 Å². The average Bonchev–Trinajstić information content (AvgIpc) is 2.35. The molecule has 0 heterocycles. The number of hydrogen-bond acceptors (Lipinski definition) is 3. The van der Waals surface area contributed by atoms with Crippen molar-refractivity contribution in [2.45, 2.75) is 20.3 Å². The van der Waals surface area contributed by atoms with E-state index in [9.17, 15) is 4.79 Å². The summed E-state index contributed by atoms with van der Waals surface area (Å²) in [5.74, 6) is 1.01. The van der Waals surface area contributed by atoms with Gasteiger partial charge in [-0.3, -0.25) is 4.79 Å². The molecule has 0 spiro atoms. The average molecular weight is 250 g/mol. The third-order valence-corrected chi connectivity index (χ3v) is 2.75. The minimum atomic E-state index is -0.142. The standard InChI is InChI=1S/C14H22N2O2/c1-10(2)7-11(9-15)14(17)16-12-5-4-6-13(8-12)18-3/h4-6,8,10-11H,7,9,15H2,1-3H3,(H,16,17). The molecular weight excluding hydrogens is 228 g/mol. The fourth-order valence-electron chi connectivity index (χ4n) is 1.82. The Morgan fingerprint density at radius 1 is 1.44 bits per heavy atom. The van der Waals surface area contributed by atoms with Crippen molar-refractivity contribution in [1.82, 2.24) is 0 Å². The van der Waals surface area contributed by atoms with Crippen molar-refractivity contribution >= 4 is 11.6 Å². The van der Waals surface area contributed by atoms with Gasteiger partial charge in [-0.2, -0.15) is 0 Å². The molecule has 1 atom stereocenters. The molecule has 4 nitrogen and oxygen atoms in total. The number of ether oxygens (including phenoxy) is 1. The molecule has 0 fully saturated rings. The smallest absolute Gasteiger partial charge is 0.228 e. The molecule has 1 aromatic carbocycles. The first-order valence-corrected chi connectivity index (χ1v) is 6.21. The highest BCUT2D eigenvalue weighted by Gasteiger charge is 2.18. The molecule has 4 heteroatoms. The van der Waals surface area contributed by atoms with E-state index in [1.807, 2.05) is 18.2 Å². The highest BCUT2D eigenvalue weighted by molar-refractivity contribution is 5.92. The molecule has 0 saturated carbocycles. The van der Waals surface area contributed by atoms with E-state index in [0.717, 1.165) is 17.9 Å². The molecule has 100 valence electrons. The summed E-state index contributed by atoms with van der Waals surface area (Å²) in [5.41, 5.74) is 6.38. The molecule has 0 aromatic heterocycles. The number of anilines is 1. The second kappa shape index (κ2) is 7.01. The molecule has 3 N–H and O–H groups in total.